The van der Waals surface area contributed by atoms with Crippen molar-refractivity contribution in [3.63, 3.8) is 0 Å². The fourth-order valence-corrected chi connectivity index (χ4v) is 2.93. The molecule has 0 radical (unpaired) electrons. The lowest BCUT2D eigenvalue weighted by molar-refractivity contribution is 0.639. The van der Waals surface area contributed by atoms with Gasteiger partial charge in [0.25, 0.3) is 0 Å². The van der Waals surface area contributed by atoms with Crippen LogP contribution in [0.1, 0.15) is 5.56 Å². The molecule has 0 amide bonds. The van der Waals surface area contributed by atoms with Crippen molar-refractivity contribution < 1.29 is 4.39 Å². The monoisotopic (exact) mass is 378 g/mol. The Hall–Kier alpha value is -2.01. The molecule has 3 aromatic rings. The molecule has 98 valence electrons. The largest absolute Gasteiger partial charge is 0.267 e. The van der Waals surface area contributed by atoms with Crippen LogP contribution < -0.4 is 0 Å². The molecule has 2 aromatic heterocycles. The number of hydrogen-bond acceptors (Lipinski definition) is 3. The molecule has 0 atom stereocenters. The summed E-state index contributed by atoms with van der Waals surface area (Å²) in [6.07, 6.45) is 3.22. The summed E-state index contributed by atoms with van der Waals surface area (Å²) in [7, 11) is 1.73. The van der Waals surface area contributed by atoms with Gasteiger partial charge in [0.1, 0.15) is 11.9 Å². The van der Waals surface area contributed by atoms with Gasteiger partial charge < -0.3 is 0 Å². The molecular formula is C14H8FIN4. The summed E-state index contributed by atoms with van der Waals surface area (Å²) in [6.45, 7) is 0. The third-order valence-corrected chi connectivity index (χ3v) is 3.89. The summed E-state index contributed by atoms with van der Waals surface area (Å²) in [5.74, 6) is -0.436. The molecular weight excluding hydrogens is 370 g/mol. The minimum atomic E-state index is -0.436. The fraction of sp³-hybridized carbons (Fsp3) is 0.0714. The number of pyridine rings is 1. The molecule has 0 bridgehead atoms. The van der Waals surface area contributed by atoms with Gasteiger partial charge in [0.15, 0.2) is 0 Å². The van der Waals surface area contributed by atoms with Crippen LogP contribution in [0.15, 0.2) is 30.6 Å². The van der Waals surface area contributed by atoms with E-state index in [1.54, 1.807) is 42.3 Å². The molecule has 0 spiro atoms. The minimum absolute atomic E-state index is 0.259. The van der Waals surface area contributed by atoms with Gasteiger partial charge in [-0.2, -0.15) is 10.4 Å². The molecule has 1 aromatic carbocycles. The van der Waals surface area contributed by atoms with E-state index in [0.29, 0.717) is 16.6 Å². The number of fused-ring (bicyclic) bond motifs is 1. The lowest BCUT2D eigenvalue weighted by Crippen LogP contribution is -2.00. The summed E-state index contributed by atoms with van der Waals surface area (Å²) in [6, 6.07) is 6.99. The molecule has 0 aliphatic heterocycles. The van der Waals surface area contributed by atoms with Gasteiger partial charge in [-0.25, -0.2) is 4.39 Å². The van der Waals surface area contributed by atoms with Crippen LogP contribution in [-0.4, -0.2) is 14.8 Å². The number of benzene rings is 1. The Kier molecular flexibility index (Phi) is 3.14. The van der Waals surface area contributed by atoms with Gasteiger partial charge in [-0.15, -0.1) is 0 Å². The first-order chi connectivity index (χ1) is 9.63. The molecule has 0 aliphatic carbocycles. The predicted octanol–water partition coefficient (Wildman–Crippen LogP) is 3.25. The Balaban J connectivity index is 2.47. The first-order valence-electron chi connectivity index (χ1n) is 5.78. The first-order valence-corrected chi connectivity index (χ1v) is 6.86. The maximum absolute atomic E-state index is 14.8. The van der Waals surface area contributed by atoms with Crippen LogP contribution >= 0.6 is 22.6 Å². The number of hydrogen-bond donors (Lipinski definition) is 0. The van der Waals surface area contributed by atoms with E-state index in [9.17, 15) is 9.65 Å². The van der Waals surface area contributed by atoms with Crippen molar-refractivity contribution in [2.45, 2.75) is 0 Å². The number of aryl methyl sites for hydroxylation is 1. The second kappa shape index (κ2) is 4.83. The van der Waals surface area contributed by atoms with Gasteiger partial charge in [-0.3, -0.25) is 9.67 Å². The SMILES string of the molecule is Cn1ncc(I)c1-c1c(C#N)cc2ncccc2c1F. The summed E-state index contributed by atoms with van der Waals surface area (Å²) in [5, 5.41) is 13.8. The van der Waals surface area contributed by atoms with Crippen LogP contribution in [0.3, 0.4) is 0 Å². The Morgan fingerprint density at radius 1 is 1.45 bits per heavy atom. The van der Waals surface area contributed by atoms with Crippen LogP contribution in [0.4, 0.5) is 4.39 Å². The topological polar surface area (TPSA) is 54.5 Å². The van der Waals surface area contributed by atoms with Crippen molar-refractivity contribution in [1.29, 1.82) is 5.26 Å². The van der Waals surface area contributed by atoms with Crippen molar-refractivity contribution in [3.05, 3.63) is 45.5 Å². The van der Waals surface area contributed by atoms with E-state index in [0.717, 1.165) is 3.57 Å². The van der Waals surface area contributed by atoms with Gasteiger partial charge in [-0.05, 0) is 40.8 Å². The molecule has 0 saturated heterocycles. The molecule has 0 N–H and O–H groups in total. The third kappa shape index (κ3) is 1.86. The molecule has 4 nitrogen and oxygen atoms in total. The highest BCUT2D eigenvalue weighted by atomic mass is 127. The summed E-state index contributed by atoms with van der Waals surface area (Å²) >= 11 is 2.08. The number of aromatic nitrogens is 3. The van der Waals surface area contributed by atoms with Gasteiger partial charge >= 0.3 is 0 Å². The van der Waals surface area contributed by atoms with E-state index in [4.69, 9.17) is 0 Å². The zero-order chi connectivity index (χ0) is 14.3. The van der Waals surface area contributed by atoms with Crippen LogP contribution in [0.25, 0.3) is 22.2 Å². The van der Waals surface area contributed by atoms with Crippen LogP contribution in [-0.2, 0) is 7.05 Å². The Bertz CT molecular complexity index is 844. The van der Waals surface area contributed by atoms with Crippen LogP contribution in [0, 0.1) is 20.7 Å². The highest BCUT2D eigenvalue weighted by molar-refractivity contribution is 14.1. The van der Waals surface area contributed by atoms with Gasteiger partial charge in [0.05, 0.1) is 32.1 Å². The molecule has 20 heavy (non-hydrogen) atoms. The van der Waals surface area contributed by atoms with Crippen molar-refractivity contribution in [1.82, 2.24) is 14.8 Å². The lowest BCUT2D eigenvalue weighted by Gasteiger charge is -2.10. The molecule has 0 aliphatic rings. The Morgan fingerprint density at radius 2 is 2.25 bits per heavy atom. The molecule has 2 heterocycles. The molecule has 0 unspecified atom stereocenters. The normalized spacial score (nSPS) is 10.7. The Morgan fingerprint density at radius 3 is 2.90 bits per heavy atom. The molecule has 6 heteroatoms. The maximum atomic E-state index is 14.8. The second-order valence-corrected chi connectivity index (χ2v) is 5.42. The minimum Gasteiger partial charge on any atom is -0.267 e. The third-order valence-electron chi connectivity index (χ3n) is 3.10. The molecule has 0 saturated carbocycles. The predicted molar refractivity (Wildman–Crippen MR) is 81.3 cm³/mol. The van der Waals surface area contributed by atoms with E-state index >= 15 is 0 Å². The van der Waals surface area contributed by atoms with E-state index < -0.39 is 5.82 Å². The number of rotatable bonds is 1. The average Bonchev–Trinajstić information content (AvgIpc) is 2.78. The molecule has 0 fully saturated rings. The zero-order valence-corrected chi connectivity index (χ0v) is 12.6. The van der Waals surface area contributed by atoms with E-state index in [1.165, 1.54) is 0 Å². The van der Waals surface area contributed by atoms with Crippen molar-refractivity contribution >= 4 is 33.5 Å². The van der Waals surface area contributed by atoms with Crippen LogP contribution in [0.5, 0.6) is 0 Å². The number of nitrogens with zero attached hydrogens (tertiary/aromatic N) is 4. The fourth-order valence-electron chi connectivity index (χ4n) is 2.19. The standard InChI is InChI=1S/C14H8FIN4/c1-20-14(10(16)7-19-20)12-8(6-17)5-11-9(13(12)15)3-2-4-18-11/h2-5,7H,1H3. The molecule has 3 rings (SSSR count). The van der Waals surface area contributed by atoms with Gasteiger partial charge in [0.2, 0.25) is 0 Å². The van der Waals surface area contributed by atoms with E-state index in [1.807, 2.05) is 6.07 Å². The van der Waals surface area contributed by atoms with E-state index in [-0.39, 0.29) is 11.1 Å². The van der Waals surface area contributed by atoms with Crippen LogP contribution in [0.2, 0.25) is 0 Å². The summed E-state index contributed by atoms with van der Waals surface area (Å²) in [4.78, 5) is 4.10. The second-order valence-electron chi connectivity index (χ2n) is 4.26. The Labute approximate surface area is 128 Å². The van der Waals surface area contributed by atoms with Crippen molar-refractivity contribution in [3.8, 4) is 17.3 Å². The quantitative estimate of drug-likeness (QED) is 0.611. The number of nitriles is 1. The number of halogens is 2. The summed E-state index contributed by atoms with van der Waals surface area (Å²) in [5.41, 5.74) is 1.61. The maximum Gasteiger partial charge on any atom is 0.143 e. The lowest BCUT2D eigenvalue weighted by atomic mass is 10.0. The van der Waals surface area contributed by atoms with Gasteiger partial charge in [0, 0.05) is 18.6 Å². The van der Waals surface area contributed by atoms with Gasteiger partial charge in [-0.1, -0.05) is 0 Å². The van der Waals surface area contributed by atoms with Crippen molar-refractivity contribution in [2.24, 2.45) is 7.05 Å². The average molecular weight is 378 g/mol. The smallest absolute Gasteiger partial charge is 0.143 e. The van der Waals surface area contributed by atoms with Crippen molar-refractivity contribution in [2.75, 3.05) is 0 Å². The zero-order valence-electron chi connectivity index (χ0n) is 10.4. The summed E-state index contributed by atoms with van der Waals surface area (Å²) < 4.78 is 17.2. The van der Waals surface area contributed by atoms with E-state index in [2.05, 4.69) is 32.7 Å². The highest BCUT2D eigenvalue weighted by Crippen LogP contribution is 2.33. The first kappa shape index (κ1) is 13.0. The highest BCUT2D eigenvalue weighted by Gasteiger charge is 2.20.